The maximum atomic E-state index is 10.8. The molecule has 0 fully saturated rings. The van der Waals surface area contributed by atoms with Gasteiger partial charge in [-0.3, -0.25) is 4.79 Å². The standard InChI is InChI=1S/C8H15NO4S/c1-2-14(12,13)9-7-5-3-4-6-8(10)11/h2,9H,1,3-7H2,(H,10,11). The Morgan fingerprint density at radius 2 is 2.00 bits per heavy atom. The molecule has 14 heavy (non-hydrogen) atoms. The smallest absolute Gasteiger partial charge is 0.303 e. The van der Waals surface area contributed by atoms with Crippen LogP contribution in [-0.2, 0) is 14.8 Å². The second-order valence-corrected chi connectivity index (χ2v) is 4.52. The molecule has 0 saturated heterocycles. The molecule has 0 bridgehead atoms. The summed E-state index contributed by atoms with van der Waals surface area (Å²) in [5.74, 6) is -0.823. The van der Waals surface area contributed by atoms with E-state index in [9.17, 15) is 13.2 Å². The van der Waals surface area contributed by atoms with Crippen molar-refractivity contribution in [2.75, 3.05) is 6.54 Å². The first-order valence-corrected chi connectivity index (χ1v) is 5.86. The zero-order valence-electron chi connectivity index (χ0n) is 7.90. The number of unbranched alkanes of at least 4 members (excludes halogenated alkanes) is 2. The van der Waals surface area contributed by atoms with Crippen molar-refractivity contribution in [2.24, 2.45) is 0 Å². The molecule has 0 atom stereocenters. The van der Waals surface area contributed by atoms with E-state index in [0.717, 1.165) is 5.41 Å². The lowest BCUT2D eigenvalue weighted by Crippen LogP contribution is -2.22. The number of rotatable bonds is 8. The van der Waals surface area contributed by atoms with Crippen LogP contribution in [0.1, 0.15) is 25.7 Å². The van der Waals surface area contributed by atoms with Gasteiger partial charge in [-0.2, -0.15) is 0 Å². The maximum absolute atomic E-state index is 10.8. The van der Waals surface area contributed by atoms with Crippen molar-refractivity contribution < 1.29 is 18.3 Å². The number of nitrogens with one attached hydrogen (secondary N) is 1. The van der Waals surface area contributed by atoms with Gasteiger partial charge in [0.1, 0.15) is 0 Å². The highest BCUT2D eigenvalue weighted by Crippen LogP contribution is 1.99. The van der Waals surface area contributed by atoms with E-state index in [1.807, 2.05) is 0 Å². The molecule has 2 N–H and O–H groups in total. The Morgan fingerprint density at radius 3 is 2.50 bits per heavy atom. The number of carboxylic acid groups (broad SMARTS) is 1. The second-order valence-electron chi connectivity index (χ2n) is 2.81. The van der Waals surface area contributed by atoms with Crippen LogP contribution in [-0.4, -0.2) is 26.0 Å². The molecule has 0 aliphatic heterocycles. The molecule has 0 aliphatic carbocycles. The fourth-order valence-corrected chi connectivity index (χ4v) is 1.40. The van der Waals surface area contributed by atoms with E-state index in [1.54, 1.807) is 0 Å². The lowest BCUT2D eigenvalue weighted by atomic mass is 10.2. The van der Waals surface area contributed by atoms with Crippen LogP contribution in [0.2, 0.25) is 0 Å². The largest absolute Gasteiger partial charge is 0.481 e. The molecule has 0 amide bonds. The van der Waals surface area contributed by atoms with Crippen LogP contribution in [0.15, 0.2) is 12.0 Å². The first kappa shape index (κ1) is 13.1. The van der Waals surface area contributed by atoms with E-state index in [-0.39, 0.29) is 6.42 Å². The zero-order chi connectivity index (χ0) is 11.0. The first-order valence-electron chi connectivity index (χ1n) is 4.32. The van der Waals surface area contributed by atoms with Crippen LogP contribution in [0.3, 0.4) is 0 Å². The summed E-state index contributed by atoms with van der Waals surface area (Å²) < 4.78 is 23.9. The summed E-state index contributed by atoms with van der Waals surface area (Å²) in [6, 6.07) is 0. The highest BCUT2D eigenvalue weighted by Gasteiger charge is 2.02. The summed E-state index contributed by atoms with van der Waals surface area (Å²) in [4.78, 5) is 10.1. The van der Waals surface area contributed by atoms with Crippen molar-refractivity contribution in [1.29, 1.82) is 0 Å². The Bertz CT molecular complexity index is 284. The van der Waals surface area contributed by atoms with Gasteiger partial charge in [-0.25, -0.2) is 13.1 Å². The molecule has 0 aromatic rings. The van der Waals surface area contributed by atoms with Crippen LogP contribution in [0, 0.1) is 0 Å². The topological polar surface area (TPSA) is 83.5 Å². The molecule has 0 saturated carbocycles. The highest BCUT2D eigenvalue weighted by atomic mass is 32.2. The molecule has 6 heteroatoms. The van der Waals surface area contributed by atoms with Crippen molar-refractivity contribution in [1.82, 2.24) is 4.72 Å². The van der Waals surface area contributed by atoms with Gasteiger partial charge in [0, 0.05) is 18.4 Å². The molecule has 0 unspecified atom stereocenters. The minimum Gasteiger partial charge on any atom is -0.481 e. The van der Waals surface area contributed by atoms with Gasteiger partial charge >= 0.3 is 5.97 Å². The molecule has 82 valence electrons. The van der Waals surface area contributed by atoms with E-state index < -0.39 is 16.0 Å². The Morgan fingerprint density at radius 1 is 1.36 bits per heavy atom. The van der Waals surface area contributed by atoms with Crippen molar-refractivity contribution >= 4 is 16.0 Å². The second kappa shape index (κ2) is 6.56. The van der Waals surface area contributed by atoms with Crippen LogP contribution in [0.5, 0.6) is 0 Å². The molecular formula is C8H15NO4S. The fourth-order valence-electron chi connectivity index (χ4n) is 0.851. The monoisotopic (exact) mass is 221 g/mol. The minimum absolute atomic E-state index is 0.133. The van der Waals surface area contributed by atoms with E-state index in [1.165, 1.54) is 0 Å². The molecule has 0 spiro atoms. The van der Waals surface area contributed by atoms with E-state index in [2.05, 4.69) is 11.3 Å². The Labute approximate surface area is 83.9 Å². The number of carbonyl (C=O) groups is 1. The summed E-state index contributed by atoms with van der Waals surface area (Å²) in [5, 5.41) is 9.16. The average molecular weight is 221 g/mol. The van der Waals surface area contributed by atoms with E-state index >= 15 is 0 Å². The van der Waals surface area contributed by atoms with Gasteiger partial charge in [0.15, 0.2) is 0 Å². The quantitative estimate of drug-likeness (QED) is 0.591. The summed E-state index contributed by atoms with van der Waals surface area (Å²) in [7, 11) is -3.33. The molecule has 5 nitrogen and oxygen atoms in total. The number of carboxylic acids is 1. The lowest BCUT2D eigenvalue weighted by molar-refractivity contribution is -0.137. The number of hydrogen-bond donors (Lipinski definition) is 2. The zero-order valence-corrected chi connectivity index (χ0v) is 8.72. The minimum atomic E-state index is -3.33. The van der Waals surface area contributed by atoms with Crippen LogP contribution >= 0.6 is 0 Å². The lowest BCUT2D eigenvalue weighted by Gasteiger charge is -2.01. The number of hydrogen-bond acceptors (Lipinski definition) is 3. The van der Waals surface area contributed by atoms with Gasteiger partial charge in [0.2, 0.25) is 10.0 Å². The van der Waals surface area contributed by atoms with Crippen LogP contribution in [0.4, 0.5) is 0 Å². The molecule has 0 aromatic heterocycles. The fraction of sp³-hybridized carbons (Fsp3) is 0.625. The molecule has 0 aliphatic rings. The van der Waals surface area contributed by atoms with Gasteiger partial charge in [0.25, 0.3) is 0 Å². The summed E-state index contributed by atoms with van der Waals surface area (Å²) in [6.45, 7) is 3.47. The van der Waals surface area contributed by atoms with Gasteiger partial charge < -0.3 is 5.11 Å². The van der Waals surface area contributed by atoms with Gasteiger partial charge in [-0.15, -0.1) is 0 Å². The van der Waals surface area contributed by atoms with Gasteiger partial charge in [-0.1, -0.05) is 13.0 Å². The average Bonchev–Trinajstić information content (AvgIpc) is 2.10. The van der Waals surface area contributed by atoms with Gasteiger partial charge in [0.05, 0.1) is 0 Å². The summed E-state index contributed by atoms with van der Waals surface area (Å²) >= 11 is 0. The van der Waals surface area contributed by atoms with E-state index in [0.29, 0.717) is 25.8 Å². The molecule has 0 rings (SSSR count). The summed E-state index contributed by atoms with van der Waals surface area (Å²) in [6.07, 6.45) is 2.05. The Hall–Kier alpha value is -0.880. The Kier molecular flexibility index (Phi) is 6.14. The SMILES string of the molecule is C=CS(=O)(=O)NCCCCCC(=O)O. The molecule has 0 heterocycles. The van der Waals surface area contributed by atoms with Crippen molar-refractivity contribution in [3.63, 3.8) is 0 Å². The van der Waals surface area contributed by atoms with Crippen LogP contribution in [0.25, 0.3) is 0 Å². The molecular weight excluding hydrogens is 206 g/mol. The Balaban J connectivity index is 3.39. The van der Waals surface area contributed by atoms with Crippen molar-refractivity contribution in [2.45, 2.75) is 25.7 Å². The third kappa shape index (κ3) is 7.75. The molecule has 0 radical (unpaired) electrons. The predicted molar refractivity (Wildman–Crippen MR) is 53.2 cm³/mol. The van der Waals surface area contributed by atoms with Gasteiger partial charge in [-0.05, 0) is 12.8 Å². The highest BCUT2D eigenvalue weighted by molar-refractivity contribution is 7.92. The third-order valence-electron chi connectivity index (χ3n) is 1.59. The number of aliphatic carboxylic acids is 1. The normalized spacial score (nSPS) is 11.1. The number of sulfonamides is 1. The van der Waals surface area contributed by atoms with Crippen molar-refractivity contribution in [3.05, 3.63) is 12.0 Å². The van der Waals surface area contributed by atoms with Crippen molar-refractivity contribution in [3.8, 4) is 0 Å². The van der Waals surface area contributed by atoms with Crippen LogP contribution < -0.4 is 4.72 Å². The third-order valence-corrected chi connectivity index (χ3v) is 2.64. The predicted octanol–water partition coefficient (Wildman–Crippen LogP) is 0.694. The maximum Gasteiger partial charge on any atom is 0.303 e. The summed E-state index contributed by atoms with van der Waals surface area (Å²) in [5.41, 5.74) is 0. The first-order chi connectivity index (χ1) is 6.48. The van der Waals surface area contributed by atoms with E-state index in [4.69, 9.17) is 5.11 Å². The molecule has 0 aromatic carbocycles.